The second-order valence-electron chi connectivity index (χ2n) is 5.18. The van der Waals surface area contributed by atoms with E-state index in [0.717, 1.165) is 22.0 Å². The smallest absolute Gasteiger partial charge is 0.166 e. The van der Waals surface area contributed by atoms with Crippen molar-refractivity contribution in [3.8, 4) is 0 Å². The maximum absolute atomic E-state index is 12.5. The molecule has 0 heterocycles. The number of benzene rings is 2. The SMILES string of the molecule is Cc1ccc(Br)cc1C(=O)C1CC1c1ccccc1. The lowest BCUT2D eigenvalue weighted by atomic mass is 9.99. The lowest BCUT2D eigenvalue weighted by Crippen LogP contribution is -2.05. The molecule has 0 amide bonds. The molecule has 2 atom stereocenters. The van der Waals surface area contributed by atoms with E-state index in [2.05, 4.69) is 28.1 Å². The number of carbonyl (C=O) groups excluding carboxylic acids is 1. The number of ketones is 1. The summed E-state index contributed by atoms with van der Waals surface area (Å²) in [6.07, 6.45) is 0.981. The van der Waals surface area contributed by atoms with Crippen molar-refractivity contribution in [2.75, 3.05) is 0 Å². The van der Waals surface area contributed by atoms with Gasteiger partial charge in [0, 0.05) is 16.0 Å². The van der Waals surface area contributed by atoms with Crippen molar-refractivity contribution >= 4 is 21.7 Å². The third-order valence-electron chi connectivity index (χ3n) is 3.82. The number of rotatable bonds is 3. The lowest BCUT2D eigenvalue weighted by molar-refractivity contribution is 0.0964. The summed E-state index contributed by atoms with van der Waals surface area (Å²) in [7, 11) is 0. The zero-order valence-electron chi connectivity index (χ0n) is 10.8. The summed E-state index contributed by atoms with van der Waals surface area (Å²) in [5, 5.41) is 0. The predicted octanol–water partition coefficient (Wildman–Crippen LogP) is 4.74. The van der Waals surface area contributed by atoms with Gasteiger partial charge in [0.1, 0.15) is 0 Å². The van der Waals surface area contributed by atoms with Crippen molar-refractivity contribution in [3.05, 3.63) is 69.7 Å². The molecule has 1 nitrogen and oxygen atoms in total. The summed E-state index contributed by atoms with van der Waals surface area (Å²) < 4.78 is 0.971. The average molecular weight is 315 g/mol. The molecule has 96 valence electrons. The molecule has 3 rings (SSSR count). The molecule has 0 aliphatic heterocycles. The average Bonchev–Trinajstić information content (AvgIpc) is 3.22. The van der Waals surface area contributed by atoms with Gasteiger partial charge in [-0.25, -0.2) is 0 Å². The molecule has 1 fully saturated rings. The van der Waals surface area contributed by atoms with Gasteiger partial charge >= 0.3 is 0 Å². The number of aryl methyl sites for hydroxylation is 1. The Kier molecular flexibility index (Phi) is 3.28. The number of Topliss-reactive ketones (excluding diaryl/α,β-unsaturated/α-hetero) is 1. The van der Waals surface area contributed by atoms with Crippen LogP contribution in [0.3, 0.4) is 0 Å². The molecule has 0 bridgehead atoms. The third kappa shape index (κ3) is 2.50. The van der Waals surface area contributed by atoms with Gasteiger partial charge in [-0.05, 0) is 42.5 Å². The first-order valence-corrected chi connectivity index (χ1v) is 7.31. The maximum atomic E-state index is 12.5. The molecular weight excluding hydrogens is 300 g/mol. The van der Waals surface area contributed by atoms with Crippen molar-refractivity contribution in [2.24, 2.45) is 5.92 Å². The summed E-state index contributed by atoms with van der Waals surface area (Å²) in [4.78, 5) is 12.5. The maximum Gasteiger partial charge on any atom is 0.166 e. The summed E-state index contributed by atoms with van der Waals surface area (Å²) in [6.45, 7) is 2.00. The van der Waals surface area contributed by atoms with E-state index in [-0.39, 0.29) is 11.7 Å². The van der Waals surface area contributed by atoms with Gasteiger partial charge < -0.3 is 0 Å². The summed E-state index contributed by atoms with van der Waals surface area (Å²) >= 11 is 3.44. The third-order valence-corrected chi connectivity index (χ3v) is 4.31. The Morgan fingerprint density at radius 3 is 2.63 bits per heavy atom. The van der Waals surface area contributed by atoms with Crippen LogP contribution in [-0.2, 0) is 0 Å². The lowest BCUT2D eigenvalue weighted by Gasteiger charge is -2.05. The second-order valence-corrected chi connectivity index (χ2v) is 6.10. The van der Waals surface area contributed by atoms with Crippen LogP contribution < -0.4 is 0 Å². The van der Waals surface area contributed by atoms with Crippen LogP contribution in [0.15, 0.2) is 53.0 Å². The standard InChI is InChI=1S/C17H15BrO/c1-11-7-8-13(18)9-14(11)17(19)16-10-15(16)12-5-3-2-4-6-12/h2-9,15-16H,10H2,1H3. The van der Waals surface area contributed by atoms with Gasteiger partial charge in [-0.2, -0.15) is 0 Å². The fraction of sp³-hybridized carbons (Fsp3) is 0.235. The highest BCUT2D eigenvalue weighted by Gasteiger charge is 2.44. The number of carbonyl (C=O) groups is 1. The normalized spacial score (nSPS) is 21.2. The zero-order valence-corrected chi connectivity index (χ0v) is 12.4. The molecule has 2 unspecified atom stereocenters. The number of hydrogen-bond donors (Lipinski definition) is 0. The quantitative estimate of drug-likeness (QED) is 0.748. The van der Waals surface area contributed by atoms with E-state index < -0.39 is 0 Å². The number of halogens is 1. The first-order chi connectivity index (χ1) is 9.16. The van der Waals surface area contributed by atoms with Crippen LogP contribution in [0.25, 0.3) is 0 Å². The topological polar surface area (TPSA) is 17.1 Å². The molecule has 2 aromatic carbocycles. The highest BCUT2D eigenvalue weighted by Crippen LogP contribution is 2.49. The van der Waals surface area contributed by atoms with E-state index in [1.807, 2.05) is 43.3 Å². The van der Waals surface area contributed by atoms with Gasteiger partial charge in [-0.3, -0.25) is 4.79 Å². The summed E-state index contributed by atoms with van der Waals surface area (Å²) in [6, 6.07) is 16.3. The Morgan fingerprint density at radius 1 is 1.16 bits per heavy atom. The van der Waals surface area contributed by atoms with E-state index in [9.17, 15) is 4.79 Å². The van der Waals surface area contributed by atoms with E-state index in [4.69, 9.17) is 0 Å². The van der Waals surface area contributed by atoms with Crippen LogP contribution in [0.5, 0.6) is 0 Å². The van der Waals surface area contributed by atoms with Crippen molar-refractivity contribution in [1.82, 2.24) is 0 Å². The van der Waals surface area contributed by atoms with Gasteiger partial charge in [-0.1, -0.05) is 52.3 Å². The van der Waals surface area contributed by atoms with E-state index >= 15 is 0 Å². The minimum atomic E-state index is 0.162. The zero-order chi connectivity index (χ0) is 13.4. The molecule has 1 aliphatic rings. The predicted molar refractivity (Wildman–Crippen MR) is 80.5 cm³/mol. The molecule has 1 aliphatic carbocycles. The fourth-order valence-electron chi connectivity index (χ4n) is 2.61. The minimum absolute atomic E-state index is 0.162. The van der Waals surface area contributed by atoms with Crippen LogP contribution in [0.4, 0.5) is 0 Å². The molecule has 1 saturated carbocycles. The monoisotopic (exact) mass is 314 g/mol. The Morgan fingerprint density at radius 2 is 1.89 bits per heavy atom. The van der Waals surface area contributed by atoms with Crippen LogP contribution >= 0.6 is 15.9 Å². The van der Waals surface area contributed by atoms with Crippen LogP contribution in [0, 0.1) is 12.8 Å². The minimum Gasteiger partial charge on any atom is -0.294 e. The second kappa shape index (κ2) is 4.93. The van der Waals surface area contributed by atoms with Crippen LogP contribution in [-0.4, -0.2) is 5.78 Å². The highest BCUT2D eigenvalue weighted by molar-refractivity contribution is 9.10. The van der Waals surface area contributed by atoms with Gasteiger partial charge in [0.25, 0.3) is 0 Å². The Hall–Kier alpha value is -1.41. The van der Waals surface area contributed by atoms with E-state index in [1.165, 1.54) is 5.56 Å². The number of hydrogen-bond acceptors (Lipinski definition) is 1. The molecule has 0 aromatic heterocycles. The van der Waals surface area contributed by atoms with Crippen molar-refractivity contribution in [3.63, 3.8) is 0 Å². The van der Waals surface area contributed by atoms with E-state index in [0.29, 0.717) is 5.92 Å². The van der Waals surface area contributed by atoms with Crippen molar-refractivity contribution in [2.45, 2.75) is 19.3 Å². The fourth-order valence-corrected chi connectivity index (χ4v) is 2.97. The van der Waals surface area contributed by atoms with Gasteiger partial charge in [0.05, 0.1) is 0 Å². The van der Waals surface area contributed by atoms with E-state index in [1.54, 1.807) is 0 Å². The van der Waals surface area contributed by atoms with Crippen LogP contribution in [0.1, 0.15) is 33.8 Å². The van der Waals surface area contributed by atoms with Crippen molar-refractivity contribution < 1.29 is 4.79 Å². The Balaban J connectivity index is 1.82. The molecule has 0 saturated heterocycles. The van der Waals surface area contributed by atoms with Crippen LogP contribution in [0.2, 0.25) is 0 Å². The summed E-state index contributed by atoms with van der Waals surface area (Å²) in [5.41, 5.74) is 3.21. The highest BCUT2D eigenvalue weighted by atomic mass is 79.9. The van der Waals surface area contributed by atoms with Gasteiger partial charge in [0.15, 0.2) is 5.78 Å². The Labute approximate surface area is 121 Å². The molecule has 0 radical (unpaired) electrons. The molecular formula is C17H15BrO. The molecule has 0 spiro atoms. The largest absolute Gasteiger partial charge is 0.294 e. The first kappa shape index (κ1) is 12.6. The molecule has 19 heavy (non-hydrogen) atoms. The molecule has 2 heteroatoms. The van der Waals surface area contributed by atoms with Gasteiger partial charge in [-0.15, -0.1) is 0 Å². The van der Waals surface area contributed by atoms with Gasteiger partial charge in [0.2, 0.25) is 0 Å². The molecule has 0 N–H and O–H groups in total. The first-order valence-electron chi connectivity index (χ1n) is 6.52. The summed E-state index contributed by atoms with van der Waals surface area (Å²) in [5.74, 6) is 0.857. The molecule has 2 aromatic rings. The Bertz CT molecular complexity index is 618. The van der Waals surface area contributed by atoms with Crippen molar-refractivity contribution in [1.29, 1.82) is 0 Å².